The van der Waals surface area contributed by atoms with Crippen LogP contribution in [0.3, 0.4) is 0 Å². The molecular weight excluding hydrogens is 398 g/mol. The zero-order valence-electron chi connectivity index (χ0n) is 16.9. The van der Waals surface area contributed by atoms with Gasteiger partial charge in [-0.2, -0.15) is 5.10 Å². The van der Waals surface area contributed by atoms with Gasteiger partial charge in [0.1, 0.15) is 12.3 Å². The summed E-state index contributed by atoms with van der Waals surface area (Å²) in [7, 11) is 0. The van der Waals surface area contributed by atoms with E-state index in [1.807, 2.05) is 0 Å². The highest BCUT2D eigenvalue weighted by Crippen LogP contribution is 2.17. The first-order chi connectivity index (χ1) is 15.2. The van der Waals surface area contributed by atoms with E-state index in [0.29, 0.717) is 23.7 Å². The Morgan fingerprint density at radius 1 is 1.06 bits per heavy atom. The number of anilines is 2. The van der Waals surface area contributed by atoms with Gasteiger partial charge in [-0.3, -0.25) is 24.6 Å². The van der Waals surface area contributed by atoms with Crippen LogP contribution >= 0.6 is 0 Å². The van der Waals surface area contributed by atoms with Crippen LogP contribution in [0, 0.1) is 0 Å². The molecular formula is C21H23N7O3. The van der Waals surface area contributed by atoms with Crippen molar-refractivity contribution in [3.05, 3.63) is 60.3 Å². The maximum atomic E-state index is 12.6. The smallest absolute Gasteiger partial charge is 0.275 e. The molecule has 1 aliphatic rings. The highest BCUT2D eigenvalue weighted by Gasteiger charge is 2.17. The molecule has 3 aromatic rings. The number of likely N-dealkylation sites (tertiary alicyclic amines) is 1. The second kappa shape index (κ2) is 9.81. The van der Waals surface area contributed by atoms with E-state index < -0.39 is 5.91 Å². The first-order valence-electron chi connectivity index (χ1n) is 10.1. The van der Waals surface area contributed by atoms with Gasteiger partial charge in [0, 0.05) is 25.0 Å². The third-order valence-corrected chi connectivity index (χ3v) is 4.89. The topological polar surface area (TPSA) is 125 Å². The summed E-state index contributed by atoms with van der Waals surface area (Å²) in [6.45, 7) is 3.71. The monoisotopic (exact) mass is 421 g/mol. The second-order valence-corrected chi connectivity index (χ2v) is 7.09. The minimum absolute atomic E-state index is 0.128. The zero-order chi connectivity index (χ0) is 21.5. The molecule has 160 valence electrons. The van der Waals surface area contributed by atoms with Crippen LogP contribution in [0.1, 0.15) is 33.7 Å². The first-order valence-corrected chi connectivity index (χ1v) is 10.1. The van der Waals surface area contributed by atoms with Crippen LogP contribution < -0.4 is 15.4 Å². The molecule has 1 aliphatic heterocycles. The Kier molecular flexibility index (Phi) is 6.48. The summed E-state index contributed by atoms with van der Waals surface area (Å²) in [5.41, 5.74) is 1.26. The van der Waals surface area contributed by atoms with Gasteiger partial charge in [-0.15, -0.1) is 0 Å². The van der Waals surface area contributed by atoms with Gasteiger partial charge in [0.25, 0.3) is 11.8 Å². The lowest BCUT2D eigenvalue weighted by molar-refractivity contribution is 0.102. The van der Waals surface area contributed by atoms with Crippen molar-refractivity contribution in [3.8, 4) is 5.88 Å². The van der Waals surface area contributed by atoms with Crippen LogP contribution in [0.25, 0.3) is 0 Å². The molecule has 0 spiro atoms. The van der Waals surface area contributed by atoms with E-state index in [-0.39, 0.29) is 17.3 Å². The second-order valence-electron chi connectivity index (χ2n) is 7.09. The number of H-pyrrole nitrogens is 1. The number of hydrogen-bond acceptors (Lipinski definition) is 7. The SMILES string of the molecule is O=C(Nc1cn[nH]c1C(=O)Nc1ccc(OCCN2CCCC2)nc1)c1cccnc1. The molecule has 3 aromatic heterocycles. The summed E-state index contributed by atoms with van der Waals surface area (Å²) < 4.78 is 5.67. The van der Waals surface area contributed by atoms with E-state index in [1.54, 1.807) is 30.5 Å². The van der Waals surface area contributed by atoms with Crippen molar-refractivity contribution in [2.75, 3.05) is 36.9 Å². The summed E-state index contributed by atoms with van der Waals surface area (Å²) in [4.78, 5) is 35.4. The summed E-state index contributed by atoms with van der Waals surface area (Å²) in [6.07, 6.45) is 8.41. The predicted octanol–water partition coefficient (Wildman–Crippen LogP) is 2.18. The number of ether oxygens (including phenoxy) is 1. The van der Waals surface area contributed by atoms with Gasteiger partial charge in [-0.05, 0) is 44.1 Å². The largest absolute Gasteiger partial charge is 0.476 e. The first kappa shape index (κ1) is 20.5. The van der Waals surface area contributed by atoms with E-state index in [1.165, 1.54) is 31.4 Å². The van der Waals surface area contributed by atoms with Crippen LogP contribution in [0.15, 0.2) is 49.1 Å². The molecule has 1 fully saturated rings. The number of amides is 2. The Hall–Kier alpha value is -3.79. The van der Waals surface area contributed by atoms with Gasteiger partial charge >= 0.3 is 0 Å². The molecule has 0 bridgehead atoms. The van der Waals surface area contributed by atoms with Gasteiger partial charge in [0.15, 0.2) is 0 Å². The number of nitrogens with zero attached hydrogens (tertiary/aromatic N) is 4. The van der Waals surface area contributed by atoms with E-state index in [0.717, 1.165) is 19.6 Å². The number of hydrogen-bond donors (Lipinski definition) is 3. The summed E-state index contributed by atoms with van der Waals surface area (Å²) in [5.74, 6) is -0.340. The molecule has 10 heteroatoms. The van der Waals surface area contributed by atoms with Crippen molar-refractivity contribution in [2.24, 2.45) is 0 Å². The fraction of sp³-hybridized carbons (Fsp3) is 0.286. The van der Waals surface area contributed by atoms with Gasteiger partial charge in [-0.25, -0.2) is 4.98 Å². The summed E-state index contributed by atoms with van der Waals surface area (Å²) >= 11 is 0. The molecule has 2 amide bonds. The van der Waals surface area contributed by atoms with Crippen LogP contribution in [-0.4, -0.2) is 63.1 Å². The summed E-state index contributed by atoms with van der Waals surface area (Å²) in [6, 6.07) is 6.70. The molecule has 3 N–H and O–H groups in total. The third kappa shape index (κ3) is 5.43. The van der Waals surface area contributed by atoms with Crippen molar-refractivity contribution in [3.63, 3.8) is 0 Å². The van der Waals surface area contributed by atoms with Crippen molar-refractivity contribution in [1.29, 1.82) is 0 Å². The Bertz CT molecular complexity index is 1010. The van der Waals surface area contributed by atoms with E-state index in [4.69, 9.17) is 4.74 Å². The highest BCUT2D eigenvalue weighted by molar-refractivity contribution is 6.11. The lowest BCUT2D eigenvalue weighted by atomic mass is 10.2. The molecule has 0 atom stereocenters. The lowest BCUT2D eigenvalue weighted by Crippen LogP contribution is -2.25. The molecule has 0 unspecified atom stereocenters. The molecule has 0 radical (unpaired) electrons. The standard InChI is InChI=1S/C21H23N7O3/c29-20(15-4-3-7-22-12-15)26-17-14-24-27-19(17)21(30)25-16-5-6-18(23-13-16)31-11-10-28-8-1-2-9-28/h3-7,12-14H,1-2,8-11H2,(H,24,27)(H,25,30)(H,26,29). The molecule has 0 saturated carbocycles. The van der Waals surface area contributed by atoms with Gasteiger partial charge in [-0.1, -0.05) is 0 Å². The number of aromatic amines is 1. The molecule has 0 aliphatic carbocycles. The van der Waals surface area contributed by atoms with Crippen LogP contribution in [0.5, 0.6) is 5.88 Å². The predicted molar refractivity (Wildman–Crippen MR) is 114 cm³/mol. The Balaban J connectivity index is 1.31. The van der Waals surface area contributed by atoms with Gasteiger partial charge in [0.05, 0.1) is 29.3 Å². The third-order valence-electron chi connectivity index (χ3n) is 4.89. The Labute approximate surface area is 179 Å². The number of carbonyl (C=O) groups is 2. The molecule has 31 heavy (non-hydrogen) atoms. The van der Waals surface area contributed by atoms with Crippen LogP contribution in [0.2, 0.25) is 0 Å². The van der Waals surface area contributed by atoms with Crippen molar-refractivity contribution in [1.82, 2.24) is 25.1 Å². The number of pyridine rings is 2. The van der Waals surface area contributed by atoms with E-state index in [2.05, 4.69) is 35.7 Å². The quantitative estimate of drug-likeness (QED) is 0.509. The van der Waals surface area contributed by atoms with Gasteiger partial charge < -0.3 is 15.4 Å². The minimum Gasteiger partial charge on any atom is -0.476 e. The number of rotatable bonds is 8. The fourth-order valence-electron chi connectivity index (χ4n) is 3.26. The Morgan fingerprint density at radius 2 is 1.94 bits per heavy atom. The number of nitrogens with one attached hydrogen (secondary N) is 3. The highest BCUT2D eigenvalue weighted by atomic mass is 16.5. The zero-order valence-corrected chi connectivity index (χ0v) is 16.9. The lowest BCUT2D eigenvalue weighted by Gasteiger charge is -2.14. The molecule has 1 saturated heterocycles. The maximum absolute atomic E-state index is 12.6. The van der Waals surface area contributed by atoms with E-state index in [9.17, 15) is 9.59 Å². The molecule has 4 rings (SSSR count). The number of aromatic nitrogens is 4. The average molecular weight is 421 g/mol. The van der Waals surface area contributed by atoms with Gasteiger partial charge in [0.2, 0.25) is 5.88 Å². The minimum atomic E-state index is -0.455. The van der Waals surface area contributed by atoms with Crippen molar-refractivity contribution < 1.29 is 14.3 Å². The summed E-state index contributed by atoms with van der Waals surface area (Å²) in [5, 5.41) is 11.8. The molecule has 10 nitrogen and oxygen atoms in total. The van der Waals surface area contributed by atoms with Crippen LogP contribution in [-0.2, 0) is 0 Å². The normalized spacial score (nSPS) is 13.7. The van der Waals surface area contributed by atoms with Crippen LogP contribution in [0.4, 0.5) is 11.4 Å². The molecule has 4 heterocycles. The van der Waals surface area contributed by atoms with Crippen molar-refractivity contribution >= 4 is 23.2 Å². The fourth-order valence-corrected chi connectivity index (χ4v) is 3.26. The van der Waals surface area contributed by atoms with E-state index >= 15 is 0 Å². The number of carbonyl (C=O) groups excluding carboxylic acids is 2. The molecule has 0 aromatic carbocycles. The Morgan fingerprint density at radius 3 is 2.68 bits per heavy atom. The van der Waals surface area contributed by atoms with Crippen molar-refractivity contribution in [2.45, 2.75) is 12.8 Å². The average Bonchev–Trinajstić information content (AvgIpc) is 3.48. The maximum Gasteiger partial charge on any atom is 0.275 e.